The van der Waals surface area contributed by atoms with E-state index in [1.165, 1.54) is 31.5 Å². The number of hydrogen-bond acceptors (Lipinski definition) is 2. The lowest BCUT2D eigenvalue weighted by Crippen LogP contribution is -2.41. The molecule has 0 saturated carbocycles. The smallest absolute Gasteiger partial charge is 0.123 e. The van der Waals surface area contributed by atoms with Gasteiger partial charge in [-0.3, -0.25) is 0 Å². The van der Waals surface area contributed by atoms with E-state index in [1.807, 2.05) is 19.2 Å². The van der Waals surface area contributed by atoms with Crippen molar-refractivity contribution in [2.24, 2.45) is 5.41 Å². The Morgan fingerprint density at radius 1 is 1.30 bits per heavy atom. The first-order valence-electron chi connectivity index (χ1n) is 7.65. The van der Waals surface area contributed by atoms with Crippen molar-refractivity contribution < 1.29 is 4.39 Å². The summed E-state index contributed by atoms with van der Waals surface area (Å²) in [6, 6.07) is 7.17. The van der Waals surface area contributed by atoms with Crippen molar-refractivity contribution in [1.82, 2.24) is 10.2 Å². The van der Waals surface area contributed by atoms with Crippen LogP contribution in [-0.4, -0.2) is 31.6 Å². The van der Waals surface area contributed by atoms with E-state index >= 15 is 0 Å². The Hall–Kier alpha value is -0.930. The summed E-state index contributed by atoms with van der Waals surface area (Å²) < 4.78 is 13.0. The van der Waals surface area contributed by atoms with Crippen LogP contribution in [-0.2, 0) is 0 Å². The zero-order chi connectivity index (χ0) is 14.6. The molecule has 0 spiro atoms. The van der Waals surface area contributed by atoms with E-state index in [0.717, 1.165) is 13.0 Å². The van der Waals surface area contributed by atoms with Gasteiger partial charge >= 0.3 is 0 Å². The van der Waals surface area contributed by atoms with Crippen LogP contribution in [0.15, 0.2) is 24.3 Å². The molecule has 3 heteroatoms. The summed E-state index contributed by atoms with van der Waals surface area (Å²) in [5.41, 5.74) is 1.62. The minimum Gasteiger partial charge on any atom is -0.313 e. The molecule has 112 valence electrons. The lowest BCUT2D eigenvalue weighted by atomic mass is 9.84. The quantitative estimate of drug-likeness (QED) is 0.885. The second-order valence-corrected chi connectivity index (χ2v) is 6.73. The predicted octanol–water partition coefficient (Wildman–Crippen LogP) is 3.60. The Morgan fingerprint density at radius 2 is 2.00 bits per heavy atom. The molecular formula is C17H27FN2. The molecule has 0 aromatic heterocycles. The van der Waals surface area contributed by atoms with Gasteiger partial charge in [0.1, 0.15) is 5.82 Å². The van der Waals surface area contributed by atoms with Crippen LogP contribution in [0, 0.1) is 11.2 Å². The second-order valence-electron chi connectivity index (χ2n) is 6.73. The number of benzene rings is 1. The van der Waals surface area contributed by atoms with Crippen LogP contribution < -0.4 is 5.32 Å². The second kappa shape index (κ2) is 6.68. The van der Waals surface area contributed by atoms with Gasteiger partial charge in [0.15, 0.2) is 0 Å². The molecule has 1 unspecified atom stereocenters. The SMILES string of the molecule is CNC(CCN1CCCC(C)(C)C1)c1ccc(F)cc1. The van der Waals surface area contributed by atoms with E-state index in [4.69, 9.17) is 0 Å². The van der Waals surface area contributed by atoms with Crippen molar-refractivity contribution >= 4 is 0 Å². The van der Waals surface area contributed by atoms with Gasteiger partial charge in [-0.15, -0.1) is 0 Å². The number of halogens is 1. The number of hydrogen-bond donors (Lipinski definition) is 1. The highest BCUT2D eigenvalue weighted by atomic mass is 19.1. The molecule has 1 aliphatic heterocycles. The van der Waals surface area contributed by atoms with E-state index in [0.29, 0.717) is 11.5 Å². The molecule has 20 heavy (non-hydrogen) atoms. The van der Waals surface area contributed by atoms with Crippen molar-refractivity contribution in [2.75, 3.05) is 26.7 Å². The maximum Gasteiger partial charge on any atom is 0.123 e. The zero-order valence-corrected chi connectivity index (χ0v) is 13.0. The first-order chi connectivity index (χ1) is 9.50. The van der Waals surface area contributed by atoms with E-state index in [-0.39, 0.29) is 5.82 Å². The highest BCUT2D eigenvalue weighted by molar-refractivity contribution is 5.19. The maximum absolute atomic E-state index is 13.0. The minimum atomic E-state index is -0.165. The van der Waals surface area contributed by atoms with Gasteiger partial charge in [0.2, 0.25) is 0 Å². The molecule has 2 rings (SSSR count). The molecule has 1 saturated heterocycles. The van der Waals surface area contributed by atoms with Crippen LogP contribution in [0.5, 0.6) is 0 Å². The molecule has 1 N–H and O–H groups in total. The molecular weight excluding hydrogens is 251 g/mol. The van der Waals surface area contributed by atoms with Gasteiger partial charge < -0.3 is 10.2 Å². The summed E-state index contributed by atoms with van der Waals surface area (Å²) in [5, 5.41) is 3.35. The third kappa shape index (κ3) is 4.29. The number of likely N-dealkylation sites (tertiary alicyclic amines) is 1. The van der Waals surface area contributed by atoms with Gasteiger partial charge in [0.05, 0.1) is 0 Å². The molecule has 1 atom stereocenters. The summed E-state index contributed by atoms with van der Waals surface area (Å²) >= 11 is 0. The van der Waals surface area contributed by atoms with E-state index in [9.17, 15) is 4.39 Å². The summed E-state index contributed by atoms with van der Waals surface area (Å²) in [4.78, 5) is 2.57. The van der Waals surface area contributed by atoms with Crippen molar-refractivity contribution in [1.29, 1.82) is 0 Å². The number of piperidine rings is 1. The number of nitrogens with one attached hydrogen (secondary N) is 1. The van der Waals surface area contributed by atoms with Crippen LogP contribution in [0.25, 0.3) is 0 Å². The zero-order valence-electron chi connectivity index (χ0n) is 13.0. The molecule has 1 heterocycles. The van der Waals surface area contributed by atoms with Crippen molar-refractivity contribution in [3.05, 3.63) is 35.6 Å². The molecule has 0 aliphatic carbocycles. The molecule has 2 nitrogen and oxygen atoms in total. The molecule has 0 amide bonds. The lowest BCUT2D eigenvalue weighted by molar-refractivity contribution is 0.113. The highest BCUT2D eigenvalue weighted by Crippen LogP contribution is 2.29. The predicted molar refractivity (Wildman–Crippen MR) is 82.3 cm³/mol. The van der Waals surface area contributed by atoms with Crippen LogP contribution >= 0.6 is 0 Å². The fraction of sp³-hybridized carbons (Fsp3) is 0.647. The van der Waals surface area contributed by atoms with Gasteiger partial charge in [0.25, 0.3) is 0 Å². The van der Waals surface area contributed by atoms with Crippen molar-refractivity contribution in [2.45, 2.75) is 39.2 Å². The van der Waals surface area contributed by atoms with Gasteiger partial charge in [-0.2, -0.15) is 0 Å². The monoisotopic (exact) mass is 278 g/mol. The topological polar surface area (TPSA) is 15.3 Å². The van der Waals surface area contributed by atoms with E-state index in [2.05, 4.69) is 24.1 Å². The maximum atomic E-state index is 13.0. The fourth-order valence-electron chi connectivity index (χ4n) is 3.22. The van der Waals surface area contributed by atoms with Gasteiger partial charge in [0, 0.05) is 12.6 Å². The Labute approximate surface area is 122 Å². The third-order valence-electron chi connectivity index (χ3n) is 4.33. The molecule has 1 aliphatic rings. The molecule has 1 fully saturated rings. The lowest BCUT2D eigenvalue weighted by Gasteiger charge is -2.38. The summed E-state index contributed by atoms with van der Waals surface area (Å²) in [7, 11) is 1.98. The normalized spacial score (nSPS) is 20.8. The largest absolute Gasteiger partial charge is 0.313 e. The van der Waals surface area contributed by atoms with Crippen LogP contribution in [0.2, 0.25) is 0 Å². The van der Waals surface area contributed by atoms with Crippen LogP contribution in [0.1, 0.15) is 44.7 Å². The molecule has 0 radical (unpaired) electrons. The van der Waals surface area contributed by atoms with E-state index < -0.39 is 0 Å². The standard InChI is InChI=1S/C17H27FN2/c1-17(2)10-4-11-20(13-17)12-9-16(19-3)14-5-7-15(18)8-6-14/h5-8,16,19H,4,9-13H2,1-3H3. The Bertz CT molecular complexity index is 414. The highest BCUT2D eigenvalue weighted by Gasteiger charge is 2.26. The number of nitrogens with zero attached hydrogens (tertiary/aromatic N) is 1. The van der Waals surface area contributed by atoms with Crippen molar-refractivity contribution in [3.8, 4) is 0 Å². The molecule has 1 aromatic carbocycles. The average Bonchev–Trinajstić information content (AvgIpc) is 2.40. The Balaban J connectivity index is 1.89. The fourth-order valence-corrected chi connectivity index (χ4v) is 3.22. The first-order valence-corrected chi connectivity index (χ1v) is 7.65. The Morgan fingerprint density at radius 3 is 2.60 bits per heavy atom. The average molecular weight is 278 g/mol. The minimum absolute atomic E-state index is 0.165. The van der Waals surface area contributed by atoms with Gasteiger partial charge in [-0.25, -0.2) is 4.39 Å². The van der Waals surface area contributed by atoms with E-state index in [1.54, 1.807) is 12.1 Å². The molecule has 0 bridgehead atoms. The summed E-state index contributed by atoms with van der Waals surface area (Å²) in [6.45, 7) is 8.21. The molecule has 1 aromatic rings. The van der Waals surface area contributed by atoms with Crippen LogP contribution in [0.3, 0.4) is 0 Å². The van der Waals surface area contributed by atoms with Gasteiger partial charge in [-0.1, -0.05) is 26.0 Å². The van der Waals surface area contributed by atoms with Crippen LogP contribution in [0.4, 0.5) is 4.39 Å². The first kappa shape index (κ1) is 15.5. The Kier molecular flexibility index (Phi) is 5.17. The summed E-state index contributed by atoms with van der Waals surface area (Å²) in [6.07, 6.45) is 3.70. The summed E-state index contributed by atoms with van der Waals surface area (Å²) in [5.74, 6) is -0.165. The van der Waals surface area contributed by atoms with Gasteiger partial charge in [-0.05, 0) is 62.5 Å². The van der Waals surface area contributed by atoms with Crippen molar-refractivity contribution in [3.63, 3.8) is 0 Å². The third-order valence-corrected chi connectivity index (χ3v) is 4.33. The number of rotatable bonds is 5.